The van der Waals surface area contributed by atoms with Crippen LogP contribution in [0.1, 0.15) is 41.6 Å². The molecule has 0 aromatic heterocycles. The lowest BCUT2D eigenvalue weighted by Gasteiger charge is -2.37. The van der Waals surface area contributed by atoms with E-state index in [4.69, 9.17) is 5.11 Å². The third-order valence-electron chi connectivity index (χ3n) is 3.63. The average Bonchev–Trinajstić information content (AvgIpc) is 2.32. The van der Waals surface area contributed by atoms with Gasteiger partial charge in [-0.1, -0.05) is 17.7 Å². The van der Waals surface area contributed by atoms with E-state index in [1.165, 1.54) is 6.42 Å². The van der Waals surface area contributed by atoms with Gasteiger partial charge < -0.3 is 10.0 Å². The fraction of sp³-hybridized carbons (Fsp3) is 0.533. The number of aryl methyl sites for hydroxylation is 1. The van der Waals surface area contributed by atoms with E-state index in [1.54, 1.807) is 0 Å². The summed E-state index contributed by atoms with van der Waals surface area (Å²) >= 11 is 0. The molecule has 3 heteroatoms. The third-order valence-corrected chi connectivity index (χ3v) is 3.63. The number of benzene rings is 1. The van der Waals surface area contributed by atoms with E-state index in [0.717, 1.165) is 24.0 Å². The van der Waals surface area contributed by atoms with Crippen molar-refractivity contribution in [1.82, 2.24) is 4.90 Å². The van der Waals surface area contributed by atoms with Gasteiger partial charge in [0.05, 0.1) is 0 Å². The molecule has 1 fully saturated rings. The number of hydrogen-bond donors (Lipinski definition) is 1. The van der Waals surface area contributed by atoms with Crippen LogP contribution in [0.5, 0.6) is 0 Å². The van der Waals surface area contributed by atoms with Crippen LogP contribution in [0.2, 0.25) is 0 Å². The minimum atomic E-state index is 0.105. The van der Waals surface area contributed by atoms with Crippen molar-refractivity contribution in [2.75, 3.05) is 13.2 Å². The number of nitrogens with zero attached hydrogens (tertiary/aromatic N) is 1. The van der Waals surface area contributed by atoms with Gasteiger partial charge in [-0.3, -0.25) is 4.79 Å². The lowest BCUT2D eigenvalue weighted by atomic mass is 9.90. The summed E-state index contributed by atoms with van der Waals surface area (Å²) in [5.74, 6) is 0.105. The lowest BCUT2D eigenvalue weighted by molar-refractivity contribution is 0.0562. The molecular weight excluding hydrogens is 226 g/mol. The van der Waals surface area contributed by atoms with Gasteiger partial charge in [0.15, 0.2) is 0 Å². The van der Waals surface area contributed by atoms with Crippen LogP contribution in [0.25, 0.3) is 0 Å². The summed E-state index contributed by atoms with van der Waals surface area (Å²) in [4.78, 5) is 14.4. The van der Waals surface area contributed by atoms with Crippen LogP contribution in [-0.2, 0) is 0 Å². The average molecular weight is 247 g/mol. The Kier molecular flexibility index (Phi) is 4.37. The summed E-state index contributed by atoms with van der Waals surface area (Å²) in [5.41, 5.74) is 1.92. The van der Waals surface area contributed by atoms with Crippen LogP contribution >= 0.6 is 0 Å². The van der Waals surface area contributed by atoms with Crippen molar-refractivity contribution in [1.29, 1.82) is 0 Å². The molecule has 18 heavy (non-hydrogen) atoms. The number of aliphatic hydroxyl groups excluding tert-OH is 1. The summed E-state index contributed by atoms with van der Waals surface area (Å²) in [6.07, 6.45) is 4.07. The number of amides is 1. The van der Waals surface area contributed by atoms with E-state index < -0.39 is 0 Å². The molecule has 98 valence electrons. The van der Waals surface area contributed by atoms with Crippen molar-refractivity contribution < 1.29 is 9.90 Å². The van der Waals surface area contributed by atoms with Gasteiger partial charge in [0.2, 0.25) is 0 Å². The van der Waals surface area contributed by atoms with Gasteiger partial charge in [0, 0.05) is 24.8 Å². The summed E-state index contributed by atoms with van der Waals surface area (Å²) in [5, 5.41) is 8.94. The van der Waals surface area contributed by atoms with Crippen LogP contribution < -0.4 is 0 Å². The molecule has 1 amide bonds. The fourth-order valence-electron chi connectivity index (χ4n) is 2.25. The Morgan fingerprint density at radius 3 is 2.50 bits per heavy atom. The van der Waals surface area contributed by atoms with Crippen LogP contribution in [0.15, 0.2) is 24.3 Å². The van der Waals surface area contributed by atoms with Crippen molar-refractivity contribution in [3.8, 4) is 0 Å². The third kappa shape index (κ3) is 2.91. The maximum Gasteiger partial charge on any atom is 0.254 e. The highest BCUT2D eigenvalue weighted by Crippen LogP contribution is 2.26. The van der Waals surface area contributed by atoms with E-state index >= 15 is 0 Å². The fourth-order valence-corrected chi connectivity index (χ4v) is 2.25. The normalized spacial score (nSPS) is 15.2. The minimum absolute atomic E-state index is 0.105. The van der Waals surface area contributed by atoms with Crippen molar-refractivity contribution in [2.45, 2.75) is 38.6 Å². The number of carbonyl (C=O) groups is 1. The minimum Gasteiger partial charge on any atom is -0.396 e. The van der Waals surface area contributed by atoms with E-state index in [2.05, 4.69) is 0 Å². The summed E-state index contributed by atoms with van der Waals surface area (Å²) < 4.78 is 0. The highest BCUT2D eigenvalue weighted by Gasteiger charge is 2.28. The van der Waals surface area contributed by atoms with Gasteiger partial charge in [-0.05, 0) is 44.7 Å². The van der Waals surface area contributed by atoms with Gasteiger partial charge in [-0.2, -0.15) is 0 Å². The first-order valence-electron chi connectivity index (χ1n) is 6.71. The van der Waals surface area contributed by atoms with Crippen LogP contribution in [0.3, 0.4) is 0 Å². The van der Waals surface area contributed by atoms with Crippen LogP contribution in [-0.4, -0.2) is 35.1 Å². The predicted octanol–water partition coefficient (Wildman–Crippen LogP) is 2.37. The van der Waals surface area contributed by atoms with Gasteiger partial charge in [0.1, 0.15) is 0 Å². The monoisotopic (exact) mass is 247 g/mol. The lowest BCUT2D eigenvalue weighted by Crippen LogP contribution is -2.44. The Hall–Kier alpha value is -1.35. The topological polar surface area (TPSA) is 40.5 Å². The predicted molar refractivity (Wildman–Crippen MR) is 71.6 cm³/mol. The SMILES string of the molecule is Cc1ccc(C(=O)N(CCCO)C2CCC2)cc1. The van der Waals surface area contributed by atoms with Crippen molar-refractivity contribution in [3.63, 3.8) is 0 Å². The standard InChI is InChI=1S/C15H21NO2/c1-12-6-8-13(9-7-12)15(18)16(10-3-11-17)14-4-2-5-14/h6-9,14,17H,2-5,10-11H2,1H3. The maximum absolute atomic E-state index is 12.4. The van der Waals surface area contributed by atoms with Gasteiger partial charge >= 0.3 is 0 Å². The molecule has 0 aliphatic heterocycles. The Bertz CT molecular complexity index is 395. The molecule has 1 N–H and O–H groups in total. The quantitative estimate of drug-likeness (QED) is 0.867. The first-order valence-corrected chi connectivity index (χ1v) is 6.71. The first-order chi connectivity index (χ1) is 8.72. The van der Waals surface area contributed by atoms with Crippen molar-refractivity contribution in [2.24, 2.45) is 0 Å². The molecule has 2 rings (SSSR count). The number of carbonyl (C=O) groups excluding carboxylic acids is 1. The first kappa shape index (κ1) is 13.1. The van der Waals surface area contributed by atoms with E-state index in [0.29, 0.717) is 19.0 Å². The molecule has 0 radical (unpaired) electrons. The highest BCUT2D eigenvalue weighted by molar-refractivity contribution is 5.94. The molecule has 1 aromatic rings. The Balaban J connectivity index is 2.08. The van der Waals surface area contributed by atoms with Crippen LogP contribution in [0.4, 0.5) is 0 Å². The van der Waals surface area contributed by atoms with Crippen molar-refractivity contribution >= 4 is 5.91 Å². The van der Waals surface area contributed by atoms with Gasteiger partial charge in [0.25, 0.3) is 5.91 Å². The molecule has 0 bridgehead atoms. The number of hydrogen-bond acceptors (Lipinski definition) is 2. The number of rotatable bonds is 5. The summed E-state index contributed by atoms with van der Waals surface area (Å²) in [6, 6.07) is 8.10. The van der Waals surface area contributed by atoms with Crippen LogP contribution in [0, 0.1) is 6.92 Å². The molecule has 1 aliphatic carbocycles. The molecule has 0 saturated heterocycles. The smallest absolute Gasteiger partial charge is 0.254 e. The molecule has 1 saturated carbocycles. The van der Waals surface area contributed by atoms with E-state index in [-0.39, 0.29) is 12.5 Å². The molecule has 0 atom stereocenters. The Labute approximate surface area is 108 Å². The zero-order valence-corrected chi connectivity index (χ0v) is 10.9. The molecular formula is C15H21NO2. The number of aliphatic hydroxyl groups is 1. The summed E-state index contributed by atoms with van der Waals surface area (Å²) in [6.45, 7) is 2.82. The molecule has 3 nitrogen and oxygen atoms in total. The molecule has 1 aliphatic rings. The zero-order valence-electron chi connectivity index (χ0n) is 10.9. The Morgan fingerprint density at radius 1 is 1.33 bits per heavy atom. The van der Waals surface area contributed by atoms with Crippen molar-refractivity contribution in [3.05, 3.63) is 35.4 Å². The molecule has 1 aromatic carbocycles. The van der Waals surface area contributed by atoms with Gasteiger partial charge in [-0.25, -0.2) is 0 Å². The highest BCUT2D eigenvalue weighted by atomic mass is 16.3. The largest absolute Gasteiger partial charge is 0.396 e. The molecule has 0 spiro atoms. The van der Waals surface area contributed by atoms with E-state index in [9.17, 15) is 4.79 Å². The second-order valence-corrected chi connectivity index (χ2v) is 5.03. The second-order valence-electron chi connectivity index (χ2n) is 5.03. The molecule has 0 unspecified atom stereocenters. The zero-order chi connectivity index (χ0) is 13.0. The summed E-state index contributed by atoms with van der Waals surface area (Å²) in [7, 11) is 0. The molecule has 0 heterocycles. The second kappa shape index (κ2) is 6.01. The van der Waals surface area contributed by atoms with Gasteiger partial charge in [-0.15, -0.1) is 0 Å². The Morgan fingerprint density at radius 2 is 2.00 bits per heavy atom. The maximum atomic E-state index is 12.4. The van der Waals surface area contributed by atoms with E-state index in [1.807, 2.05) is 36.1 Å².